The van der Waals surface area contributed by atoms with Crippen LogP contribution in [-0.4, -0.2) is 43.0 Å². The van der Waals surface area contributed by atoms with Gasteiger partial charge in [0.25, 0.3) is 10.1 Å². The van der Waals surface area contributed by atoms with Gasteiger partial charge in [-0.25, -0.2) is 0 Å². The summed E-state index contributed by atoms with van der Waals surface area (Å²) < 4.78 is 33.8. The molecule has 0 radical (unpaired) electrons. The Labute approximate surface area is 68.9 Å². The molecule has 6 nitrogen and oxygen atoms in total. The second-order valence-corrected chi connectivity index (χ2v) is 4.26. The molecule has 0 aromatic heterocycles. The summed E-state index contributed by atoms with van der Waals surface area (Å²) in [5, 5.41) is 8.59. The van der Waals surface area contributed by atoms with Crippen LogP contribution in [0.1, 0.15) is 0 Å². The van der Waals surface area contributed by atoms with Crippen LogP contribution in [0.25, 0.3) is 0 Å². The average Bonchev–Trinajstić information content (AvgIpc) is 1.75. The van der Waals surface area contributed by atoms with Gasteiger partial charge in [-0.1, -0.05) is 0 Å². The minimum Gasteiger partial charge on any atom is -0.481 e. The molecular weight excluding hydrogens is 188 g/mol. The Bertz CT molecular complexity index is 287. The lowest BCUT2D eigenvalue weighted by Gasteiger charge is -2.35. The monoisotopic (exact) mass is 196 g/mol. The summed E-state index contributed by atoms with van der Waals surface area (Å²) in [5.74, 6) is -2.04. The standard InChI is InChI=1S/C5H8O6S/c6-4(7)5(1-11-2-5)3-12(8,9)10/h1-3H2,(H,6,7)(H,8,9,10). The topological polar surface area (TPSA) is 101 Å². The normalized spacial score (nSPS) is 21.4. The first kappa shape index (κ1) is 9.43. The summed E-state index contributed by atoms with van der Waals surface area (Å²) in [6.07, 6.45) is 0. The zero-order valence-corrected chi connectivity index (χ0v) is 6.87. The van der Waals surface area contributed by atoms with Crippen molar-refractivity contribution in [3.63, 3.8) is 0 Å². The second kappa shape index (κ2) is 2.68. The molecule has 1 saturated heterocycles. The van der Waals surface area contributed by atoms with Crippen LogP contribution in [-0.2, 0) is 19.6 Å². The predicted molar refractivity (Wildman–Crippen MR) is 37.3 cm³/mol. The molecule has 0 aliphatic carbocycles. The van der Waals surface area contributed by atoms with Crippen molar-refractivity contribution in [3.8, 4) is 0 Å². The molecule has 12 heavy (non-hydrogen) atoms. The molecule has 0 atom stereocenters. The number of hydrogen-bond donors (Lipinski definition) is 2. The van der Waals surface area contributed by atoms with E-state index in [1.165, 1.54) is 0 Å². The SMILES string of the molecule is O=C(O)C1(CS(=O)(=O)O)COC1. The maximum Gasteiger partial charge on any atom is 0.315 e. The van der Waals surface area contributed by atoms with Crippen LogP contribution in [0, 0.1) is 5.41 Å². The van der Waals surface area contributed by atoms with Gasteiger partial charge in [0, 0.05) is 0 Å². The lowest BCUT2D eigenvalue weighted by Crippen LogP contribution is -2.53. The van der Waals surface area contributed by atoms with Gasteiger partial charge in [0.2, 0.25) is 0 Å². The molecular formula is C5H8O6S. The average molecular weight is 196 g/mol. The van der Waals surface area contributed by atoms with Gasteiger partial charge in [-0.3, -0.25) is 9.35 Å². The molecule has 1 aliphatic rings. The molecule has 0 bridgehead atoms. The molecule has 0 aromatic rings. The van der Waals surface area contributed by atoms with Gasteiger partial charge >= 0.3 is 5.97 Å². The van der Waals surface area contributed by atoms with E-state index in [1.807, 2.05) is 0 Å². The molecule has 0 unspecified atom stereocenters. The Balaban J connectivity index is 2.76. The highest BCUT2D eigenvalue weighted by atomic mass is 32.2. The minimum atomic E-state index is -4.25. The first-order chi connectivity index (χ1) is 5.36. The van der Waals surface area contributed by atoms with Crippen molar-refractivity contribution in [2.75, 3.05) is 19.0 Å². The van der Waals surface area contributed by atoms with E-state index in [0.717, 1.165) is 0 Å². The molecule has 0 aromatic carbocycles. The van der Waals surface area contributed by atoms with E-state index in [1.54, 1.807) is 0 Å². The fourth-order valence-electron chi connectivity index (χ4n) is 0.966. The molecule has 7 heteroatoms. The van der Waals surface area contributed by atoms with E-state index < -0.39 is 27.3 Å². The van der Waals surface area contributed by atoms with Crippen LogP contribution < -0.4 is 0 Å². The van der Waals surface area contributed by atoms with Crippen molar-refractivity contribution >= 4 is 16.1 Å². The lowest BCUT2D eigenvalue weighted by atomic mass is 9.89. The number of carbonyl (C=O) groups is 1. The van der Waals surface area contributed by atoms with Gasteiger partial charge in [-0.05, 0) is 0 Å². The smallest absolute Gasteiger partial charge is 0.315 e. The number of rotatable bonds is 3. The highest BCUT2D eigenvalue weighted by Gasteiger charge is 2.49. The van der Waals surface area contributed by atoms with Gasteiger partial charge in [0.15, 0.2) is 0 Å². The first-order valence-electron chi connectivity index (χ1n) is 3.12. The minimum absolute atomic E-state index is 0.165. The quantitative estimate of drug-likeness (QED) is 0.560. The number of ether oxygens (including phenoxy) is 1. The summed E-state index contributed by atoms with van der Waals surface area (Å²) in [6, 6.07) is 0. The van der Waals surface area contributed by atoms with Crippen molar-refractivity contribution in [2.45, 2.75) is 0 Å². The molecule has 1 heterocycles. The van der Waals surface area contributed by atoms with Crippen LogP contribution in [0.3, 0.4) is 0 Å². The molecule has 0 amide bonds. The van der Waals surface area contributed by atoms with Gasteiger partial charge in [-0.2, -0.15) is 8.42 Å². The summed E-state index contributed by atoms with van der Waals surface area (Å²) in [5.41, 5.74) is -1.44. The Morgan fingerprint density at radius 2 is 2.00 bits per heavy atom. The van der Waals surface area contributed by atoms with Crippen molar-refractivity contribution in [1.82, 2.24) is 0 Å². The number of aliphatic carboxylic acids is 1. The molecule has 1 fully saturated rings. The molecule has 1 rings (SSSR count). The second-order valence-electron chi connectivity index (χ2n) is 2.80. The van der Waals surface area contributed by atoms with E-state index in [9.17, 15) is 13.2 Å². The first-order valence-corrected chi connectivity index (χ1v) is 4.73. The van der Waals surface area contributed by atoms with Crippen molar-refractivity contribution in [1.29, 1.82) is 0 Å². The molecule has 0 spiro atoms. The molecule has 70 valence electrons. The lowest BCUT2D eigenvalue weighted by molar-refractivity contribution is -0.174. The van der Waals surface area contributed by atoms with Crippen molar-refractivity contribution in [3.05, 3.63) is 0 Å². The van der Waals surface area contributed by atoms with Crippen molar-refractivity contribution < 1.29 is 27.6 Å². The Morgan fingerprint density at radius 3 is 2.08 bits per heavy atom. The predicted octanol–water partition coefficient (Wildman–Crippen LogP) is -1.02. The third-order valence-electron chi connectivity index (χ3n) is 1.67. The van der Waals surface area contributed by atoms with E-state index in [2.05, 4.69) is 4.74 Å². The van der Waals surface area contributed by atoms with Gasteiger partial charge in [-0.15, -0.1) is 0 Å². The molecule has 1 aliphatic heterocycles. The van der Waals surface area contributed by atoms with Crippen LogP contribution in [0.4, 0.5) is 0 Å². The van der Waals surface area contributed by atoms with Gasteiger partial charge in [0.05, 0.1) is 19.0 Å². The van der Waals surface area contributed by atoms with Gasteiger partial charge in [0.1, 0.15) is 5.41 Å². The molecule has 2 N–H and O–H groups in total. The van der Waals surface area contributed by atoms with Crippen LogP contribution in [0.15, 0.2) is 0 Å². The maximum absolute atomic E-state index is 10.5. The highest BCUT2D eigenvalue weighted by molar-refractivity contribution is 7.85. The third kappa shape index (κ3) is 1.74. The van der Waals surface area contributed by atoms with E-state index in [4.69, 9.17) is 9.66 Å². The van der Waals surface area contributed by atoms with Gasteiger partial charge < -0.3 is 9.84 Å². The molecule has 0 saturated carbocycles. The van der Waals surface area contributed by atoms with E-state index in [0.29, 0.717) is 0 Å². The largest absolute Gasteiger partial charge is 0.481 e. The maximum atomic E-state index is 10.5. The summed E-state index contributed by atoms with van der Waals surface area (Å²) in [4.78, 5) is 10.5. The highest BCUT2D eigenvalue weighted by Crippen LogP contribution is 2.29. The summed E-state index contributed by atoms with van der Waals surface area (Å²) in [7, 11) is -4.25. The number of carboxylic acids is 1. The Hall–Kier alpha value is -0.660. The van der Waals surface area contributed by atoms with Crippen molar-refractivity contribution in [2.24, 2.45) is 5.41 Å². The zero-order valence-electron chi connectivity index (χ0n) is 6.06. The fourth-order valence-corrected chi connectivity index (χ4v) is 1.95. The van der Waals surface area contributed by atoms with Crippen LogP contribution >= 0.6 is 0 Å². The summed E-state index contributed by atoms with van der Waals surface area (Å²) >= 11 is 0. The van der Waals surface area contributed by atoms with E-state index in [-0.39, 0.29) is 13.2 Å². The number of hydrogen-bond acceptors (Lipinski definition) is 4. The summed E-state index contributed by atoms with van der Waals surface area (Å²) in [6.45, 7) is -0.329. The fraction of sp³-hybridized carbons (Fsp3) is 0.800. The Kier molecular flexibility index (Phi) is 2.11. The van der Waals surface area contributed by atoms with E-state index >= 15 is 0 Å². The Morgan fingerprint density at radius 1 is 1.50 bits per heavy atom. The number of carboxylic acid groups (broad SMARTS) is 1. The third-order valence-corrected chi connectivity index (χ3v) is 2.59. The zero-order chi connectivity index (χ0) is 9.41. The van der Waals surface area contributed by atoms with Crippen LogP contribution in [0.5, 0.6) is 0 Å². The van der Waals surface area contributed by atoms with Crippen LogP contribution in [0.2, 0.25) is 0 Å².